The van der Waals surface area contributed by atoms with Crippen molar-refractivity contribution in [2.75, 3.05) is 30.3 Å². The zero-order valence-electron chi connectivity index (χ0n) is 15.0. The maximum absolute atomic E-state index is 12.6. The van der Waals surface area contributed by atoms with Crippen molar-refractivity contribution in [1.82, 2.24) is 14.6 Å². The number of hydrogen-bond donors (Lipinski definition) is 3. The first-order valence-electron chi connectivity index (χ1n) is 7.67. The summed E-state index contributed by atoms with van der Waals surface area (Å²) in [5.41, 5.74) is -0.241. The number of nitrogens with zero attached hydrogens (tertiary/aromatic N) is 3. The van der Waals surface area contributed by atoms with Crippen molar-refractivity contribution < 1.29 is 32.2 Å². The summed E-state index contributed by atoms with van der Waals surface area (Å²) in [6, 6.07) is -2.15. The quantitative estimate of drug-likeness (QED) is 0.0932. The molecule has 3 amide bonds. The molecule has 0 bridgehead atoms. The number of aromatic nitrogens is 1. The molecule has 0 aliphatic carbocycles. The number of halogens is 1. The Morgan fingerprint density at radius 3 is 2.70 bits per heavy atom. The number of amides is 3. The van der Waals surface area contributed by atoms with Crippen LogP contribution in [-0.4, -0.2) is 112 Å². The molecule has 162 valence electrons. The Morgan fingerprint density at radius 2 is 2.17 bits per heavy atom. The molecule has 1 aromatic rings. The van der Waals surface area contributed by atoms with Crippen LogP contribution in [0, 0.1) is 0 Å². The summed E-state index contributed by atoms with van der Waals surface area (Å²) in [4.78, 5) is 44.8. The fraction of sp³-hybridized carbons (Fsp3) is 0.462. The summed E-state index contributed by atoms with van der Waals surface area (Å²) >= 11 is 7.64. The van der Waals surface area contributed by atoms with Crippen LogP contribution in [0.15, 0.2) is 10.5 Å². The Balaban J connectivity index is 0.00000450. The van der Waals surface area contributed by atoms with Gasteiger partial charge in [0.05, 0.1) is 6.04 Å². The average molecular weight is 510 g/mol. The molecule has 0 spiro atoms. The Kier molecular flexibility index (Phi) is 10.5. The molecule has 0 radical (unpaired) electrons. The molecule has 0 saturated carbocycles. The van der Waals surface area contributed by atoms with Crippen molar-refractivity contribution in [3.8, 4) is 0 Å². The first-order valence-corrected chi connectivity index (χ1v) is 11.9. The normalized spacial score (nSPS) is 18.9. The van der Waals surface area contributed by atoms with E-state index in [1.807, 2.05) is 0 Å². The van der Waals surface area contributed by atoms with Crippen LogP contribution in [0.2, 0.25) is 0 Å². The molecule has 1 aromatic heterocycles. The maximum atomic E-state index is 12.6. The number of rotatable bonds is 9. The van der Waals surface area contributed by atoms with Gasteiger partial charge in [-0.2, -0.15) is 20.2 Å². The molecule has 30 heavy (non-hydrogen) atoms. The van der Waals surface area contributed by atoms with Crippen LogP contribution < -0.4 is 10.6 Å². The number of hydrogen-bond acceptors (Lipinski definition) is 10. The number of oxime groups is 1. The summed E-state index contributed by atoms with van der Waals surface area (Å²) in [5.74, 6) is -2.46. The molecule has 1 fully saturated rings. The molecular formula is C13H17ClN5NaO7S3. The van der Waals surface area contributed by atoms with E-state index in [9.17, 15) is 27.4 Å². The summed E-state index contributed by atoms with van der Waals surface area (Å²) in [6.07, 6.45) is 1.67. The van der Waals surface area contributed by atoms with Gasteiger partial charge in [-0.25, -0.2) is 9.29 Å². The van der Waals surface area contributed by atoms with Gasteiger partial charge in [-0.15, -0.1) is 22.9 Å². The van der Waals surface area contributed by atoms with Crippen molar-refractivity contribution in [3.63, 3.8) is 0 Å². The Labute approximate surface area is 207 Å². The molecule has 2 atom stereocenters. The summed E-state index contributed by atoms with van der Waals surface area (Å²) in [6.45, 7) is 0. The van der Waals surface area contributed by atoms with Crippen molar-refractivity contribution in [1.29, 1.82) is 0 Å². The van der Waals surface area contributed by atoms with Crippen LogP contribution in [0.25, 0.3) is 0 Å². The van der Waals surface area contributed by atoms with E-state index in [1.165, 1.54) is 24.3 Å². The van der Waals surface area contributed by atoms with Crippen molar-refractivity contribution in [3.05, 3.63) is 11.1 Å². The van der Waals surface area contributed by atoms with E-state index in [4.69, 9.17) is 11.6 Å². The molecule has 2 rings (SSSR count). The Hall–Kier alpha value is -0.940. The predicted molar refractivity (Wildman–Crippen MR) is 115 cm³/mol. The molecule has 1 aliphatic heterocycles. The molecule has 0 aromatic carbocycles. The number of nitrogens with one attached hydrogen (secondary N) is 2. The van der Waals surface area contributed by atoms with Gasteiger partial charge in [0, 0.05) is 11.1 Å². The van der Waals surface area contributed by atoms with E-state index in [0.717, 1.165) is 11.3 Å². The van der Waals surface area contributed by atoms with Crippen molar-refractivity contribution in [2.24, 2.45) is 5.16 Å². The predicted octanol–water partition coefficient (Wildman–Crippen LogP) is -1.12. The second kappa shape index (κ2) is 11.6. The standard InChI is InChI=1S/C13H16ClN5O7S3.Na.H/c1-26-18-9(6-4-28-13(15-6)16-8(20)3-14)11(21)17-10-7(5-27-2)19(12(10)22)29(23,24)25;;/h4,7,10H,3,5H2,1-2H3,(H,17,21)(H,15,16,20)(H,23,24,25);;/b18-9-;;. The zero-order valence-corrected chi connectivity index (χ0v) is 18.2. The Bertz CT molecular complexity index is 941. The second-order valence-corrected chi connectivity index (χ2v) is 8.75. The average Bonchev–Trinajstić information content (AvgIpc) is 3.10. The topological polar surface area (TPSA) is 167 Å². The molecule has 17 heteroatoms. The molecule has 12 nitrogen and oxygen atoms in total. The fourth-order valence-corrected chi connectivity index (χ4v) is 4.83. The van der Waals surface area contributed by atoms with Gasteiger partial charge in [-0.3, -0.25) is 18.9 Å². The third-order valence-corrected chi connectivity index (χ3v) is 6.18. The van der Waals surface area contributed by atoms with Gasteiger partial charge in [0.25, 0.3) is 11.8 Å². The van der Waals surface area contributed by atoms with Crippen LogP contribution in [-0.2, 0) is 29.5 Å². The van der Waals surface area contributed by atoms with Crippen molar-refractivity contribution in [2.45, 2.75) is 12.1 Å². The van der Waals surface area contributed by atoms with Gasteiger partial charge in [0.1, 0.15) is 24.7 Å². The third-order valence-electron chi connectivity index (χ3n) is 3.55. The van der Waals surface area contributed by atoms with E-state index in [0.29, 0.717) is 4.31 Å². The SMILES string of the molecule is CO/N=C(\C(=O)NC1C(=O)N(S(=O)(=O)O)C1CSC)c1csc(NC(=O)CCl)n1.[NaH]. The van der Waals surface area contributed by atoms with E-state index in [2.05, 4.69) is 25.6 Å². The van der Waals surface area contributed by atoms with Crippen LogP contribution in [0.3, 0.4) is 0 Å². The molecule has 3 N–H and O–H groups in total. The third kappa shape index (κ3) is 6.29. The number of thioether (sulfide) groups is 1. The van der Waals surface area contributed by atoms with Gasteiger partial charge >= 0.3 is 39.9 Å². The van der Waals surface area contributed by atoms with Crippen LogP contribution in [0.5, 0.6) is 0 Å². The van der Waals surface area contributed by atoms with E-state index in [1.54, 1.807) is 6.26 Å². The molecule has 1 aliphatic rings. The van der Waals surface area contributed by atoms with Gasteiger partial charge in [-0.05, 0) is 6.26 Å². The minimum atomic E-state index is -4.75. The molecular weight excluding hydrogens is 493 g/mol. The summed E-state index contributed by atoms with van der Waals surface area (Å²) in [7, 11) is -3.55. The zero-order chi connectivity index (χ0) is 21.8. The Morgan fingerprint density at radius 1 is 1.50 bits per heavy atom. The van der Waals surface area contributed by atoms with Gasteiger partial charge in [0.15, 0.2) is 10.8 Å². The number of carbonyl (C=O) groups excluding carboxylic acids is 3. The van der Waals surface area contributed by atoms with Crippen LogP contribution in [0.1, 0.15) is 5.69 Å². The first kappa shape index (κ1) is 27.1. The van der Waals surface area contributed by atoms with E-state index < -0.39 is 40.1 Å². The molecule has 2 unspecified atom stereocenters. The summed E-state index contributed by atoms with van der Waals surface area (Å²) < 4.78 is 32.2. The van der Waals surface area contributed by atoms with E-state index in [-0.39, 0.29) is 57.7 Å². The first-order chi connectivity index (χ1) is 13.6. The summed E-state index contributed by atoms with van der Waals surface area (Å²) in [5, 5.41) is 9.97. The van der Waals surface area contributed by atoms with Crippen LogP contribution in [0.4, 0.5) is 5.13 Å². The molecule has 1 saturated heterocycles. The monoisotopic (exact) mass is 509 g/mol. The molecule has 2 heterocycles. The van der Waals surface area contributed by atoms with Crippen LogP contribution >= 0.6 is 34.7 Å². The number of anilines is 1. The second-order valence-electron chi connectivity index (χ2n) is 5.43. The van der Waals surface area contributed by atoms with Gasteiger partial charge in [-0.1, -0.05) is 5.16 Å². The fourth-order valence-electron chi connectivity index (χ4n) is 2.39. The van der Waals surface area contributed by atoms with E-state index >= 15 is 0 Å². The van der Waals surface area contributed by atoms with Gasteiger partial charge in [0.2, 0.25) is 5.91 Å². The number of carbonyl (C=O) groups is 3. The van der Waals surface area contributed by atoms with Crippen molar-refractivity contribution >= 4 is 103 Å². The number of alkyl halides is 1. The van der Waals surface area contributed by atoms with Gasteiger partial charge < -0.3 is 15.5 Å². The number of thiazole rings is 1. The minimum absolute atomic E-state index is 0. The number of β-lactam (4-membered cyclic amide) rings is 1.